The van der Waals surface area contributed by atoms with E-state index >= 15 is 0 Å². The highest BCUT2D eigenvalue weighted by Gasteiger charge is 2.05. The SMILES string of the molecule is COCCOC(=O)Oc1ccccn1. The Kier molecular flexibility index (Phi) is 4.43. The summed E-state index contributed by atoms with van der Waals surface area (Å²) < 4.78 is 14.1. The fourth-order valence-corrected chi connectivity index (χ4v) is 0.731. The van der Waals surface area contributed by atoms with Gasteiger partial charge in [0.05, 0.1) is 6.61 Å². The standard InChI is InChI=1S/C9H11NO4/c1-12-6-7-13-9(11)14-8-4-2-3-5-10-8/h2-5H,6-7H2,1H3. The molecule has 5 nitrogen and oxygen atoms in total. The van der Waals surface area contributed by atoms with Crippen molar-refractivity contribution >= 4 is 6.16 Å². The number of hydrogen-bond acceptors (Lipinski definition) is 5. The molecule has 0 aliphatic carbocycles. The molecule has 1 aromatic heterocycles. The number of carbonyl (C=O) groups excluding carboxylic acids is 1. The molecule has 1 rings (SSSR count). The van der Waals surface area contributed by atoms with Crippen LogP contribution in [-0.4, -0.2) is 31.5 Å². The average Bonchev–Trinajstić information content (AvgIpc) is 2.20. The highest BCUT2D eigenvalue weighted by atomic mass is 16.7. The van der Waals surface area contributed by atoms with Crippen molar-refractivity contribution in [3.05, 3.63) is 24.4 Å². The second-order valence-electron chi connectivity index (χ2n) is 2.36. The van der Waals surface area contributed by atoms with Crippen LogP contribution in [0.25, 0.3) is 0 Å². The average molecular weight is 197 g/mol. The normalized spacial score (nSPS) is 9.50. The van der Waals surface area contributed by atoms with Gasteiger partial charge in [0.15, 0.2) is 0 Å². The Morgan fingerprint density at radius 1 is 1.43 bits per heavy atom. The van der Waals surface area contributed by atoms with Gasteiger partial charge in [0.2, 0.25) is 5.88 Å². The Bertz CT molecular complexity index is 275. The van der Waals surface area contributed by atoms with Crippen LogP contribution < -0.4 is 4.74 Å². The molecule has 76 valence electrons. The van der Waals surface area contributed by atoms with Gasteiger partial charge in [-0.1, -0.05) is 6.07 Å². The molecule has 0 saturated heterocycles. The maximum Gasteiger partial charge on any atom is 0.515 e. The lowest BCUT2D eigenvalue weighted by Gasteiger charge is -2.03. The molecule has 0 saturated carbocycles. The second-order valence-corrected chi connectivity index (χ2v) is 2.36. The molecule has 0 atom stereocenters. The van der Waals surface area contributed by atoms with Crippen molar-refractivity contribution in [1.29, 1.82) is 0 Å². The quantitative estimate of drug-likeness (QED) is 0.537. The summed E-state index contributed by atoms with van der Waals surface area (Å²) in [6.45, 7) is 0.513. The van der Waals surface area contributed by atoms with Gasteiger partial charge in [-0.15, -0.1) is 0 Å². The number of ether oxygens (including phenoxy) is 3. The number of aromatic nitrogens is 1. The molecule has 0 aromatic carbocycles. The maximum absolute atomic E-state index is 10.9. The van der Waals surface area contributed by atoms with Crippen molar-refractivity contribution in [2.45, 2.75) is 0 Å². The zero-order valence-corrected chi connectivity index (χ0v) is 7.80. The largest absolute Gasteiger partial charge is 0.515 e. The summed E-state index contributed by atoms with van der Waals surface area (Å²) in [7, 11) is 1.52. The van der Waals surface area contributed by atoms with Crippen molar-refractivity contribution in [1.82, 2.24) is 4.98 Å². The maximum atomic E-state index is 10.9. The van der Waals surface area contributed by atoms with Gasteiger partial charge in [-0.3, -0.25) is 0 Å². The Morgan fingerprint density at radius 2 is 2.29 bits per heavy atom. The molecule has 0 aliphatic heterocycles. The summed E-state index contributed by atoms with van der Waals surface area (Å²) in [4.78, 5) is 14.7. The van der Waals surface area contributed by atoms with Crippen LogP contribution in [0.2, 0.25) is 0 Å². The minimum atomic E-state index is -0.777. The molecule has 0 bridgehead atoms. The lowest BCUT2D eigenvalue weighted by Crippen LogP contribution is -2.14. The van der Waals surface area contributed by atoms with Crippen LogP contribution in [0.4, 0.5) is 4.79 Å². The highest BCUT2D eigenvalue weighted by molar-refractivity contribution is 5.62. The highest BCUT2D eigenvalue weighted by Crippen LogP contribution is 2.03. The first-order valence-corrected chi connectivity index (χ1v) is 4.07. The van der Waals surface area contributed by atoms with E-state index in [1.165, 1.54) is 13.3 Å². The van der Waals surface area contributed by atoms with Crippen LogP contribution in [0, 0.1) is 0 Å². The first kappa shape index (κ1) is 10.5. The predicted octanol–water partition coefficient (Wildman–Crippen LogP) is 1.24. The lowest BCUT2D eigenvalue weighted by molar-refractivity contribution is 0.0675. The monoisotopic (exact) mass is 197 g/mol. The molecule has 0 amide bonds. The van der Waals surface area contributed by atoms with Gasteiger partial charge in [0.1, 0.15) is 6.61 Å². The van der Waals surface area contributed by atoms with E-state index in [-0.39, 0.29) is 12.5 Å². The number of pyridine rings is 1. The van der Waals surface area contributed by atoms with Gasteiger partial charge < -0.3 is 14.2 Å². The van der Waals surface area contributed by atoms with Crippen LogP contribution in [-0.2, 0) is 9.47 Å². The van der Waals surface area contributed by atoms with Crippen LogP contribution in [0.5, 0.6) is 5.88 Å². The smallest absolute Gasteiger partial charge is 0.431 e. The van der Waals surface area contributed by atoms with Crippen molar-refractivity contribution in [3.8, 4) is 5.88 Å². The summed E-state index contributed by atoms with van der Waals surface area (Å²) in [5.41, 5.74) is 0. The van der Waals surface area contributed by atoms with E-state index in [0.717, 1.165) is 0 Å². The zero-order valence-electron chi connectivity index (χ0n) is 7.80. The molecule has 1 heterocycles. The van der Waals surface area contributed by atoms with E-state index in [9.17, 15) is 4.79 Å². The Labute approximate surface area is 81.6 Å². The number of rotatable bonds is 4. The summed E-state index contributed by atoms with van der Waals surface area (Å²) in [5, 5.41) is 0. The van der Waals surface area contributed by atoms with E-state index < -0.39 is 6.16 Å². The van der Waals surface area contributed by atoms with Crippen molar-refractivity contribution in [2.24, 2.45) is 0 Å². The molecule has 5 heteroatoms. The molecular weight excluding hydrogens is 186 g/mol. The number of nitrogens with zero attached hydrogens (tertiary/aromatic N) is 1. The number of methoxy groups -OCH3 is 1. The Hall–Kier alpha value is -1.62. The number of hydrogen-bond donors (Lipinski definition) is 0. The fraction of sp³-hybridized carbons (Fsp3) is 0.333. The summed E-state index contributed by atoms with van der Waals surface area (Å²) >= 11 is 0. The van der Waals surface area contributed by atoms with Gasteiger partial charge >= 0.3 is 6.16 Å². The molecule has 0 N–H and O–H groups in total. The van der Waals surface area contributed by atoms with Crippen LogP contribution in [0.3, 0.4) is 0 Å². The van der Waals surface area contributed by atoms with Gasteiger partial charge in [0, 0.05) is 19.4 Å². The van der Waals surface area contributed by atoms with Crippen LogP contribution in [0.15, 0.2) is 24.4 Å². The van der Waals surface area contributed by atoms with E-state index in [1.807, 2.05) is 0 Å². The second kappa shape index (κ2) is 5.93. The molecule has 0 radical (unpaired) electrons. The third-order valence-corrected chi connectivity index (χ3v) is 1.33. The molecule has 0 aliphatic rings. The molecular formula is C9H11NO4. The third-order valence-electron chi connectivity index (χ3n) is 1.33. The van der Waals surface area contributed by atoms with Crippen molar-refractivity contribution < 1.29 is 19.0 Å². The van der Waals surface area contributed by atoms with Crippen molar-refractivity contribution in [3.63, 3.8) is 0 Å². The molecule has 0 unspecified atom stereocenters. The van der Waals surface area contributed by atoms with E-state index in [4.69, 9.17) is 9.47 Å². The molecule has 1 aromatic rings. The zero-order chi connectivity index (χ0) is 10.2. The van der Waals surface area contributed by atoms with Gasteiger partial charge in [-0.25, -0.2) is 9.78 Å². The third kappa shape index (κ3) is 3.86. The van der Waals surface area contributed by atoms with Gasteiger partial charge in [-0.2, -0.15) is 0 Å². The summed E-state index contributed by atoms with van der Waals surface area (Å²) in [6.07, 6.45) is 0.748. The first-order chi connectivity index (χ1) is 6.83. The van der Waals surface area contributed by atoms with E-state index in [1.54, 1.807) is 18.2 Å². The summed E-state index contributed by atoms with van der Waals surface area (Å²) in [6, 6.07) is 5.01. The molecule has 0 spiro atoms. The van der Waals surface area contributed by atoms with E-state index in [2.05, 4.69) is 9.72 Å². The fourth-order valence-electron chi connectivity index (χ4n) is 0.731. The minimum absolute atomic E-state index is 0.169. The predicted molar refractivity (Wildman–Crippen MR) is 48.1 cm³/mol. The molecule has 0 fully saturated rings. The number of carbonyl (C=O) groups is 1. The minimum Gasteiger partial charge on any atom is -0.431 e. The first-order valence-electron chi connectivity index (χ1n) is 4.07. The molecule has 14 heavy (non-hydrogen) atoms. The van der Waals surface area contributed by atoms with Gasteiger partial charge in [0.25, 0.3) is 0 Å². The van der Waals surface area contributed by atoms with Crippen LogP contribution >= 0.6 is 0 Å². The van der Waals surface area contributed by atoms with Crippen molar-refractivity contribution in [2.75, 3.05) is 20.3 Å². The Morgan fingerprint density at radius 3 is 2.93 bits per heavy atom. The van der Waals surface area contributed by atoms with Crippen LogP contribution in [0.1, 0.15) is 0 Å². The Balaban J connectivity index is 2.27. The van der Waals surface area contributed by atoms with Gasteiger partial charge in [-0.05, 0) is 6.07 Å². The van der Waals surface area contributed by atoms with E-state index in [0.29, 0.717) is 6.61 Å². The summed E-state index contributed by atoms with van der Waals surface area (Å²) in [5.74, 6) is 0.218. The lowest BCUT2D eigenvalue weighted by atomic mass is 10.5. The topological polar surface area (TPSA) is 57.7 Å².